The lowest BCUT2D eigenvalue weighted by atomic mass is 9.98. The number of fused-ring (bicyclic) bond motifs is 2. The Hall–Kier alpha value is -3.64. The molecule has 1 amide bonds. The van der Waals surface area contributed by atoms with E-state index in [9.17, 15) is 14.0 Å². The van der Waals surface area contributed by atoms with E-state index in [1.54, 1.807) is 11.0 Å². The van der Waals surface area contributed by atoms with Crippen LogP contribution in [-0.2, 0) is 6.54 Å². The standard InChI is InChI=1S/C28H23ClFNO4/c1-2-3-14-34-20-11-8-17(9-12-20)25-24-26(32)21-15-19(30)10-13-23(21)35-27(24)28(33)31(25)16-18-6-4-5-7-22(18)29/h4-13,15,25H,2-3,14,16H2,1H3. The van der Waals surface area contributed by atoms with Crippen LogP contribution in [0.25, 0.3) is 11.0 Å². The van der Waals surface area contributed by atoms with Crippen molar-refractivity contribution in [3.8, 4) is 5.75 Å². The van der Waals surface area contributed by atoms with Crippen molar-refractivity contribution < 1.29 is 18.3 Å². The largest absolute Gasteiger partial charge is 0.494 e. The molecule has 0 bridgehead atoms. The van der Waals surface area contributed by atoms with Crippen molar-refractivity contribution in [2.24, 2.45) is 0 Å². The van der Waals surface area contributed by atoms with Crippen molar-refractivity contribution in [2.75, 3.05) is 6.61 Å². The van der Waals surface area contributed by atoms with E-state index < -0.39 is 23.2 Å². The van der Waals surface area contributed by atoms with Crippen molar-refractivity contribution in [1.29, 1.82) is 0 Å². The zero-order chi connectivity index (χ0) is 24.5. The molecule has 1 unspecified atom stereocenters. The van der Waals surface area contributed by atoms with E-state index >= 15 is 0 Å². The molecule has 4 aromatic rings. The zero-order valence-corrected chi connectivity index (χ0v) is 19.8. The molecule has 1 atom stereocenters. The number of halogens is 2. The summed E-state index contributed by atoms with van der Waals surface area (Å²) in [5.41, 5.74) is 1.39. The van der Waals surface area contributed by atoms with E-state index in [0.717, 1.165) is 30.0 Å². The minimum absolute atomic E-state index is 0.0329. The Balaban J connectivity index is 1.63. The molecule has 1 aliphatic rings. The molecular weight excluding hydrogens is 469 g/mol. The number of carbonyl (C=O) groups excluding carboxylic acids is 1. The minimum Gasteiger partial charge on any atom is -0.494 e. The summed E-state index contributed by atoms with van der Waals surface area (Å²) in [6.45, 7) is 2.88. The molecule has 0 fully saturated rings. The molecule has 0 radical (unpaired) electrons. The van der Waals surface area contributed by atoms with E-state index in [1.165, 1.54) is 12.1 Å². The van der Waals surface area contributed by atoms with Gasteiger partial charge in [0.1, 0.15) is 17.1 Å². The first-order chi connectivity index (χ1) is 17.0. The number of benzene rings is 3. The van der Waals surface area contributed by atoms with Crippen molar-refractivity contribution in [3.05, 3.63) is 110 Å². The van der Waals surface area contributed by atoms with Gasteiger partial charge in [-0.25, -0.2) is 4.39 Å². The highest BCUT2D eigenvalue weighted by molar-refractivity contribution is 6.31. The van der Waals surface area contributed by atoms with E-state index in [1.807, 2.05) is 42.5 Å². The Kier molecular flexibility index (Phi) is 6.31. The van der Waals surface area contributed by atoms with Crippen LogP contribution in [0, 0.1) is 5.82 Å². The van der Waals surface area contributed by atoms with E-state index in [0.29, 0.717) is 17.4 Å². The van der Waals surface area contributed by atoms with Crippen LogP contribution in [0.5, 0.6) is 5.75 Å². The summed E-state index contributed by atoms with van der Waals surface area (Å²) in [6, 6.07) is 17.6. The van der Waals surface area contributed by atoms with Gasteiger partial charge in [-0.3, -0.25) is 9.59 Å². The normalized spacial score (nSPS) is 15.0. The third-order valence-electron chi connectivity index (χ3n) is 6.19. The molecule has 0 spiro atoms. The molecule has 1 aromatic heterocycles. The molecular formula is C28H23ClFNO4. The van der Waals surface area contributed by atoms with Gasteiger partial charge in [0.05, 0.1) is 23.6 Å². The molecule has 3 aromatic carbocycles. The highest BCUT2D eigenvalue weighted by atomic mass is 35.5. The van der Waals surface area contributed by atoms with Crippen molar-refractivity contribution in [2.45, 2.75) is 32.4 Å². The van der Waals surface area contributed by atoms with Gasteiger partial charge in [0.15, 0.2) is 5.43 Å². The molecule has 35 heavy (non-hydrogen) atoms. The number of rotatable bonds is 7. The highest BCUT2D eigenvalue weighted by Crippen LogP contribution is 2.40. The van der Waals surface area contributed by atoms with Gasteiger partial charge in [0.2, 0.25) is 5.76 Å². The quantitative estimate of drug-likeness (QED) is 0.276. The zero-order valence-electron chi connectivity index (χ0n) is 19.1. The SMILES string of the molecule is CCCCOc1ccc(C2c3c(oc4ccc(F)cc4c3=O)C(=O)N2Cc2ccccc2Cl)cc1. The van der Waals surface area contributed by atoms with Gasteiger partial charge in [-0.2, -0.15) is 0 Å². The molecule has 5 rings (SSSR count). The van der Waals surface area contributed by atoms with E-state index in [-0.39, 0.29) is 28.8 Å². The van der Waals surface area contributed by atoms with Gasteiger partial charge in [-0.15, -0.1) is 0 Å². The Labute approximate surface area is 206 Å². The fourth-order valence-corrected chi connectivity index (χ4v) is 4.59. The first-order valence-corrected chi connectivity index (χ1v) is 11.9. The Bertz CT molecular complexity index is 1460. The second-order valence-corrected chi connectivity index (χ2v) is 8.92. The van der Waals surface area contributed by atoms with Gasteiger partial charge < -0.3 is 14.1 Å². The number of carbonyl (C=O) groups is 1. The van der Waals surface area contributed by atoms with E-state index in [4.69, 9.17) is 20.8 Å². The van der Waals surface area contributed by atoms with Crippen LogP contribution >= 0.6 is 11.6 Å². The van der Waals surface area contributed by atoms with Crippen LogP contribution in [0.1, 0.15) is 53.1 Å². The second-order valence-electron chi connectivity index (χ2n) is 8.51. The number of hydrogen-bond acceptors (Lipinski definition) is 4. The van der Waals surface area contributed by atoms with Crippen molar-refractivity contribution in [3.63, 3.8) is 0 Å². The van der Waals surface area contributed by atoms with Crippen LogP contribution in [0.4, 0.5) is 4.39 Å². The Morgan fingerprint density at radius 3 is 2.57 bits per heavy atom. The molecule has 178 valence electrons. The fraction of sp³-hybridized carbons (Fsp3) is 0.214. The summed E-state index contributed by atoms with van der Waals surface area (Å²) < 4.78 is 25.6. The number of unbranched alkanes of at least 4 members (excludes halogenated alkanes) is 1. The summed E-state index contributed by atoms with van der Waals surface area (Å²) in [6.07, 6.45) is 1.98. The monoisotopic (exact) mass is 491 g/mol. The third-order valence-corrected chi connectivity index (χ3v) is 6.56. The third kappa shape index (κ3) is 4.30. The van der Waals surface area contributed by atoms with Gasteiger partial charge >= 0.3 is 0 Å². The first-order valence-electron chi connectivity index (χ1n) is 11.5. The number of amides is 1. The highest BCUT2D eigenvalue weighted by Gasteiger charge is 2.43. The number of nitrogens with zero attached hydrogens (tertiary/aromatic N) is 1. The molecule has 0 saturated carbocycles. The smallest absolute Gasteiger partial charge is 0.291 e. The van der Waals surface area contributed by atoms with Crippen molar-refractivity contribution in [1.82, 2.24) is 4.90 Å². The average Bonchev–Trinajstić information content (AvgIpc) is 3.13. The number of hydrogen-bond donors (Lipinski definition) is 0. The maximum atomic E-state index is 14.0. The Morgan fingerprint density at radius 1 is 1.06 bits per heavy atom. The Morgan fingerprint density at radius 2 is 1.83 bits per heavy atom. The summed E-state index contributed by atoms with van der Waals surface area (Å²) in [7, 11) is 0. The first kappa shape index (κ1) is 23.1. The summed E-state index contributed by atoms with van der Waals surface area (Å²) in [5.74, 6) is -0.296. The fourth-order valence-electron chi connectivity index (χ4n) is 4.39. The lowest BCUT2D eigenvalue weighted by Gasteiger charge is -2.25. The topological polar surface area (TPSA) is 59.8 Å². The van der Waals surface area contributed by atoms with Crippen LogP contribution < -0.4 is 10.2 Å². The summed E-state index contributed by atoms with van der Waals surface area (Å²) >= 11 is 6.39. The average molecular weight is 492 g/mol. The second kappa shape index (κ2) is 9.55. The molecule has 0 N–H and O–H groups in total. The summed E-state index contributed by atoms with van der Waals surface area (Å²) in [5, 5.41) is 0.613. The maximum absolute atomic E-state index is 14.0. The van der Waals surface area contributed by atoms with Crippen molar-refractivity contribution >= 4 is 28.5 Å². The minimum atomic E-state index is -0.720. The molecule has 0 saturated heterocycles. The van der Waals surface area contributed by atoms with Crippen LogP contribution in [-0.4, -0.2) is 17.4 Å². The molecule has 7 heteroatoms. The molecule has 0 aliphatic carbocycles. The van der Waals surface area contributed by atoms with Gasteiger partial charge in [-0.1, -0.05) is 55.3 Å². The van der Waals surface area contributed by atoms with E-state index in [2.05, 4.69) is 6.92 Å². The van der Waals surface area contributed by atoms with Gasteiger partial charge in [0, 0.05) is 11.6 Å². The molecule has 2 heterocycles. The lowest BCUT2D eigenvalue weighted by Crippen LogP contribution is -2.29. The van der Waals surface area contributed by atoms with Crippen LogP contribution in [0.15, 0.2) is 75.9 Å². The van der Waals surface area contributed by atoms with Crippen LogP contribution in [0.3, 0.4) is 0 Å². The number of ether oxygens (including phenoxy) is 1. The van der Waals surface area contributed by atoms with Crippen LogP contribution in [0.2, 0.25) is 5.02 Å². The van der Waals surface area contributed by atoms with Gasteiger partial charge in [-0.05, 0) is 53.9 Å². The van der Waals surface area contributed by atoms with Gasteiger partial charge in [0.25, 0.3) is 5.91 Å². The molecule has 5 nitrogen and oxygen atoms in total. The predicted molar refractivity (Wildman–Crippen MR) is 132 cm³/mol. The lowest BCUT2D eigenvalue weighted by molar-refractivity contribution is 0.0714. The maximum Gasteiger partial charge on any atom is 0.291 e. The predicted octanol–water partition coefficient (Wildman–Crippen LogP) is 6.51. The summed E-state index contributed by atoms with van der Waals surface area (Å²) in [4.78, 5) is 28.7. The molecule has 1 aliphatic heterocycles.